The van der Waals surface area contributed by atoms with Gasteiger partial charge in [0.2, 0.25) is 5.55 Å². The van der Waals surface area contributed by atoms with Gasteiger partial charge in [0.15, 0.2) is 0 Å². The minimum Gasteiger partial charge on any atom is -0.462 e. The molecule has 0 fully saturated rings. The number of rotatable bonds is 4. The molecule has 150 valence electrons. The van der Waals surface area contributed by atoms with Crippen molar-refractivity contribution in [3.05, 3.63) is 56.4 Å². The highest BCUT2D eigenvalue weighted by molar-refractivity contribution is 7.17. The Morgan fingerprint density at radius 2 is 2.07 bits per heavy atom. The number of halogens is 1. The lowest BCUT2D eigenvalue weighted by atomic mass is 9.95. The Morgan fingerprint density at radius 1 is 1.28 bits per heavy atom. The molecule has 1 amide bonds. The van der Waals surface area contributed by atoms with Crippen molar-refractivity contribution in [2.45, 2.75) is 32.6 Å². The number of thiophene rings is 1. The Hall–Kier alpha value is -2.64. The van der Waals surface area contributed by atoms with Gasteiger partial charge in [0.1, 0.15) is 16.1 Å². The van der Waals surface area contributed by atoms with E-state index < -0.39 is 11.9 Å². The van der Waals surface area contributed by atoms with Crippen LogP contribution in [0.25, 0.3) is 11.0 Å². The Balaban J connectivity index is 1.72. The summed E-state index contributed by atoms with van der Waals surface area (Å²) in [5.74, 6) is -0.937. The molecule has 1 aromatic carbocycles. The molecular formula is C21H19ClN2O4S. The van der Waals surface area contributed by atoms with Gasteiger partial charge in [-0.05, 0) is 62.4 Å². The SMILES string of the molecule is CCOC(=O)c1c(NC(=O)c2cc3cc(Cl)ccc3oc2=N)sc2c1CCCC2. The van der Waals surface area contributed by atoms with Crippen LogP contribution in [-0.4, -0.2) is 18.5 Å². The summed E-state index contributed by atoms with van der Waals surface area (Å²) in [4.78, 5) is 26.6. The summed E-state index contributed by atoms with van der Waals surface area (Å²) in [7, 11) is 0. The topological polar surface area (TPSA) is 92.4 Å². The number of esters is 1. The predicted molar refractivity (Wildman–Crippen MR) is 112 cm³/mol. The quantitative estimate of drug-likeness (QED) is 0.573. The van der Waals surface area contributed by atoms with Crippen LogP contribution in [0.3, 0.4) is 0 Å². The number of hydrogen-bond acceptors (Lipinski definition) is 6. The first-order valence-electron chi connectivity index (χ1n) is 9.39. The highest BCUT2D eigenvalue weighted by Crippen LogP contribution is 2.38. The van der Waals surface area contributed by atoms with Crippen molar-refractivity contribution in [1.29, 1.82) is 5.41 Å². The van der Waals surface area contributed by atoms with Gasteiger partial charge in [-0.2, -0.15) is 0 Å². The number of aryl methyl sites for hydroxylation is 1. The molecule has 8 heteroatoms. The summed E-state index contributed by atoms with van der Waals surface area (Å²) in [6, 6.07) is 6.56. The van der Waals surface area contributed by atoms with Crippen LogP contribution in [0.4, 0.5) is 5.00 Å². The summed E-state index contributed by atoms with van der Waals surface area (Å²) in [5.41, 5.74) is 1.69. The summed E-state index contributed by atoms with van der Waals surface area (Å²) < 4.78 is 10.7. The van der Waals surface area contributed by atoms with Gasteiger partial charge in [-0.25, -0.2) is 4.79 Å². The van der Waals surface area contributed by atoms with Crippen LogP contribution in [0.15, 0.2) is 28.7 Å². The number of benzene rings is 1. The largest absolute Gasteiger partial charge is 0.462 e. The number of ether oxygens (including phenoxy) is 1. The van der Waals surface area contributed by atoms with Crippen molar-refractivity contribution in [2.75, 3.05) is 11.9 Å². The van der Waals surface area contributed by atoms with Crippen molar-refractivity contribution in [3.8, 4) is 0 Å². The van der Waals surface area contributed by atoms with E-state index in [9.17, 15) is 9.59 Å². The van der Waals surface area contributed by atoms with Crippen molar-refractivity contribution < 1.29 is 18.7 Å². The van der Waals surface area contributed by atoms with E-state index in [1.54, 1.807) is 31.2 Å². The molecule has 29 heavy (non-hydrogen) atoms. The standard InChI is InChI=1S/C21H19ClN2O4S/c1-2-27-21(26)17-13-5-3-4-6-16(13)29-20(17)24-19(25)14-10-11-9-12(22)7-8-15(11)28-18(14)23/h7-10,23H,2-6H2,1H3,(H,24,25). The van der Waals surface area contributed by atoms with E-state index in [1.165, 1.54) is 11.3 Å². The lowest BCUT2D eigenvalue weighted by Gasteiger charge is -2.12. The van der Waals surface area contributed by atoms with E-state index in [2.05, 4.69) is 5.32 Å². The Labute approximate surface area is 176 Å². The maximum absolute atomic E-state index is 12.9. The molecule has 0 saturated heterocycles. The van der Waals surface area contributed by atoms with Gasteiger partial charge in [-0.3, -0.25) is 10.2 Å². The number of hydrogen-bond donors (Lipinski definition) is 2. The summed E-state index contributed by atoms with van der Waals surface area (Å²) in [6.07, 6.45) is 3.74. The zero-order chi connectivity index (χ0) is 20.5. The third kappa shape index (κ3) is 3.80. The fraction of sp³-hybridized carbons (Fsp3) is 0.286. The lowest BCUT2D eigenvalue weighted by molar-refractivity contribution is 0.0526. The lowest BCUT2D eigenvalue weighted by Crippen LogP contribution is -2.21. The number of fused-ring (bicyclic) bond motifs is 2. The van der Waals surface area contributed by atoms with Crippen LogP contribution in [0, 0.1) is 5.41 Å². The molecule has 0 saturated carbocycles. The van der Waals surface area contributed by atoms with Crippen LogP contribution < -0.4 is 10.9 Å². The second-order valence-electron chi connectivity index (χ2n) is 6.76. The highest BCUT2D eigenvalue weighted by atomic mass is 35.5. The third-order valence-corrected chi connectivity index (χ3v) is 6.29. The molecule has 0 spiro atoms. The van der Waals surface area contributed by atoms with Crippen molar-refractivity contribution in [3.63, 3.8) is 0 Å². The van der Waals surface area contributed by atoms with E-state index in [-0.39, 0.29) is 17.7 Å². The van der Waals surface area contributed by atoms with Gasteiger partial charge < -0.3 is 14.5 Å². The van der Waals surface area contributed by atoms with Crippen LogP contribution in [0.5, 0.6) is 0 Å². The minimum atomic E-state index is -0.509. The van der Waals surface area contributed by atoms with Gasteiger partial charge in [-0.15, -0.1) is 11.3 Å². The van der Waals surface area contributed by atoms with Crippen LogP contribution >= 0.6 is 22.9 Å². The molecule has 6 nitrogen and oxygen atoms in total. The van der Waals surface area contributed by atoms with E-state index in [1.807, 2.05) is 0 Å². The monoisotopic (exact) mass is 430 g/mol. The summed E-state index contributed by atoms with van der Waals surface area (Å²) in [5, 5.41) is 12.5. The maximum atomic E-state index is 12.9. The smallest absolute Gasteiger partial charge is 0.341 e. The molecule has 1 aliphatic rings. The Bertz CT molecular complexity index is 1180. The zero-order valence-corrected chi connectivity index (χ0v) is 17.3. The molecule has 2 aromatic heterocycles. The second kappa shape index (κ2) is 8.00. The first-order valence-corrected chi connectivity index (χ1v) is 10.6. The van der Waals surface area contributed by atoms with Crippen molar-refractivity contribution in [1.82, 2.24) is 0 Å². The number of carbonyl (C=O) groups excluding carboxylic acids is 2. The molecule has 3 aromatic rings. The minimum absolute atomic E-state index is 0.0703. The molecule has 2 heterocycles. The van der Waals surface area contributed by atoms with Gasteiger partial charge in [-0.1, -0.05) is 11.6 Å². The Kier molecular flexibility index (Phi) is 5.43. The number of amides is 1. The number of nitrogens with one attached hydrogen (secondary N) is 2. The van der Waals surface area contributed by atoms with E-state index in [4.69, 9.17) is 26.2 Å². The molecule has 0 atom stereocenters. The van der Waals surface area contributed by atoms with Gasteiger partial charge in [0.05, 0.1) is 12.2 Å². The molecule has 0 radical (unpaired) electrons. The van der Waals surface area contributed by atoms with Gasteiger partial charge >= 0.3 is 5.97 Å². The zero-order valence-electron chi connectivity index (χ0n) is 15.8. The fourth-order valence-electron chi connectivity index (χ4n) is 3.52. The summed E-state index contributed by atoms with van der Waals surface area (Å²) >= 11 is 7.43. The predicted octanol–water partition coefficient (Wildman–Crippen LogP) is 4.93. The number of anilines is 1. The van der Waals surface area contributed by atoms with Gasteiger partial charge in [0.25, 0.3) is 5.91 Å². The molecule has 0 unspecified atom stereocenters. The van der Waals surface area contributed by atoms with Crippen LogP contribution in [0.2, 0.25) is 5.02 Å². The highest BCUT2D eigenvalue weighted by Gasteiger charge is 2.27. The first-order chi connectivity index (χ1) is 14.0. The maximum Gasteiger partial charge on any atom is 0.341 e. The van der Waals surface area contributed by atoms with Crippen molar-refractivity contribution >= 4 is 50.8 Å². The average Bonchev–Trinajstić information content (AvgIpc) is 3.05. The second-order valence-corrected chi connectivity index (χ2v) is 8.30. The number of carbonyl (C=O) groups is 2. The van der Waals surface area contributed by atoms with Gasteiger partial charge in [0, 0.05) is 15.3 Å². The van der Waals surface area contributed by atoms with Crippen LogP contribution in [-0.2, 0) is 17.6 Å². The summed E-state index contributed by atoms with van der Waals surface area (Å²) in [6.45, 7) is 2.01. The third-order valence-electron chi connectivity index (χ3n) is 4.85. The molecule has 4 rings (SSSR count). The molecule has 1 aliphatic carbocycles. The molecule has 2 N–H and O–H groups in total. The molecule has 0 bridgehead atoms. The normalized spacial score (nSPS) is 13.2. The van der Waals surface area contributed by atoms with Crippen LogP contribution in [0.1, 0.15) is 50.9 Å². The van der Waals surface area contributed by atoms with E-state index in [0.29, 0.717) is 26.6 Å². The molecular weight excluding hydrogens is 412 g/mol. The van der Waals surface area contributed by atoms with Crippen molar-refractivity contribution in [2.24, 2.45) is 0 Å². The van der Waals surface area contributed by atoms with E-state index in [0.717, 1.165) is 36.1 Å². The first kappa shape index (κ1) is 19.7. The van der Waals surface area contributed by atoms with E-state index >= 15 is 0 Å². The fourth-order valence-corrected chi connectivity index (χ4v) is 4.98. The average molecular weight is 431 g/mol. The Morgan fingerprint density at radius 3 is 2.86 bits per heavy atom. The molecule has 0 aliphatic heterocycles.